The fourth-order valence-corrected chi connectivity index (χ4v) is 5.08. The summed E-state index contributed by atoms with van der Waals surface area (Å²) in [7, 11) is 0. The molecule has 1 heterocycles. The summed E-state index contributed by atoms with van der Waals surface area (Å²) in [6, 6.07) is 25.5. The molecule has 5 nitrogen and oxygen atoms in total. The molecular formula is C27H28N2O3S. The van der Waals surface area contributed by atoms with Crippen molar-refractivity contribution in [1.82, 2.24) is 10.2 Å². The molecule has 1 fully saturated rings. The van der Waals surface area contributed by atoms with Gasteiger partial charge in [0.05, 0.1) is 12.4 Å². The lowest BCUT2D eigenvalue weighted by Gasteiger charge is -2.24. The Labute approximate surface area is 199 Å². The van der Waals surface area contributed by atoms with Crippen molar-refractivity contribution >= 4 is 23.6 Å². The molecule has 1 aliphatic heterocycles. The van der Waals surface area contributed by atoms with Crippen molar-refractivity contribution in [2.45, 2.75) is 25.3 Å². The zero-order valence-electron chi connectivity index (χ0n) is 18.7. The number of hydrogen-bond donors (Lipinski definition) is 1. The van der Waals surface area contributed by atoms with Gasteiger partial charge in [0.15, 0.2) is 0 Å². The minimum absolute atomic E-state index is 0.0142. The average Bonchev–Trinajstić information content (AvgIpc) is 3.22. The van der Waals surface area contributed by atoms with Crippen molar-refractivity contribution in [3.63, 3.8) is 0 Å². The predicted octanol–water partition coefficient (Wildman–Crippen LogP) is 4.83. The molecule has 1 N–H and O–H groups in total. The van der Waals surface area contributed by atoms with Crippen molar-refractivity contribution in [2.24, 2.45) is 0 Å². The quantitative estimate of drug-likeness (QED) is 0.497. The molecule has 0 aromatic heterocycles. The van der Waals surface area contributed by atoms with Crippen molar-refractivity contribution in [3.05, 3.63) is 101 Å². The zero-order valence-corrected chi connectivity index (χ0v) is 19.5. The summed E-state index contributed by atoms with van der Waals surface area (Å²) in [5.74, 6) is 1.33. The Morgan fingerprint density at radius 1 is 1.03 bits per heavy atom. The fourth-order valence-electron chi connectivity index (χ4n) is 3.86. The van der Waals surface area contributed by atoms with Crippen molar-refractivity contribution < 1.29 is 14.3 Å². The summed E-state index contributed by atoms with van der Waals surface area (Å²) in [4.78, 5) is 27.0. The number of carbonyl (C=O) groups excluding carboxylic acids is 2. The van der Waals surface area contributed by atoms with Gasteiger partial charge in [-0.25, -0.2) is 0 Å². The van der Waals surface area contributed by atoms with Gasteiger partial charge in [-0.2, -0.15) is 0 Å². The number of carbonyl (C=O) groups is 2. The number of nitrogens with zero attached hydrogens (tertiary/aromatic N) is 1. The number of rotatable bonds is 9. The van der Waals surface area contributed by atoms with Gasteiger partial charge in [0.1, 0.15) is 11.1 Å². The first-order valence-electron chi connectivity index (χ1n) is 11.2. The van der Waals surface area contributed by atoms with E-state index in [1.165, 1.54) is 5.56 Å². The van der Waals surface area contributed by atoms with E-state index in [9.17, 15) is 9.59 Å². The second-order valence-corrected chi connectivity index (χ2v) is 8.94. The van der Waals surface area contributed by atoms with Crippen LogP contribution in [0.4, 0.5) is 0 Å². The number of thioether (sulfide) groups is 1. The standard InChI is InChI=1S/C27H28N2O3S/c1-2-32-24-10-6-9-21(17-24)18-28-26(31)22-11-13-23(14-12-22)27-29(25(30)19-33-27)16-15-20-7-4-3-5-8-20/h3-14,17,27H,2,15-16,18-19H2,1H3,(H,28,31). The molecule has 6 heteroatoms. The van der Waals surface area contributed by atoms with E-state index in [2.05, 4.69) is 17.4 Å². The fraction of sp³-hybridized carbons (Fsp3) is 0.259. The minimum Gasteiger partial charge on any atom is -0.494 e. The topological polar surface area (TPSA) is 58.6 Å². The van der Waals surface area contributed by atoms with Crippen LogP contribution in [-0.4, -0.2) is 35.6 Å². The molecular weight excluding hydrogens is 432 g/mol. The van der Waals surface area contributed by atoms with Crippen LogP contribution in [0.1, 0.15) is 39.3 Å². The second kappa shape index (κ2) is 11.1. The third-order valence-corrected chi connectivity index (χ3v) is 6.83. The Balaban J connectivity index is 1.36. The monoisotopic (exact) mass is 460 g/mol. The SMILES string of the molecule is CCOc1cccc(CNC(=O)c2ccc(C3SCC(=O)N3CCc3ccccc3)cc2)c1. The van der Waals surface area contributed by atoms with Crippen LogP contribution in [-0.2, 0) is 17.8 Å². The smallest absolute Gasteiger partial charge is 0.251 e. The van der Waals surface area contributed by atoms with Crippen LogP contribution in [0.15, 0.2) is 78.9 Å². The molecule has 2 amide bonds. The minimum atomic E-state index is -0.126. The molecule has 0 radical (unpaired) electrons. The Morgan fingerprint density at radius 2 is 1.79 bits per heavy atom. The molecule has 0 saturated carbocycles. The maximum Gasteiger partial charge on any atom is 0.251 e. The maximum absolute atomic E-state index is 12.6. The average molecular weight is 461 g/mol. The van der Waals surface area contributed by atoms with Crippen LogP contribution in [0.25, 0.3) is 0 Å². The molecule has 0 spiro atoms. The molecule has 33 heavy (non-hydrogen) atoms. The predicted molar refractivity (Wildman–Crippen MR) is 132 cm³/mol. The van der Waals surface area contributed by atoms with Crippen LogP contribution < -0.4 is 10.1 Å². The zero-order chi connectivity index (χ0) is 23.0. The molecule has 3 aromatic carbocycles. The number of benzene rings is 3. The highest BCUT2D eigenvalue weighted by atomic mass is 32.2. The number of amides is 2. The van der Waals surface area contributed by atoms with Crippen molar-refractivity contribution in [2.75, 3.05) is 18.9 Å². The molecule has 170 valence electrons. The second-order valence-electron chi connectivity index (χ2n) is 7.87. The van der Waals surface area contributed by atoms with Crippen LogP contribution in [0.3, 0.4) is 0 Å². The van der Waals surface area contributed by atoms with E-state index in [1.807, 2.05) is 78.6 Å². The van der Waals surface area contributed by atoms with Gasteiger partial charge in [-0.05, 0) is 54.3 Å². The lowest BCUT2D eigenvalue weighted by molar-refractivity contribution is -0.128. The first-order chi connectivity index (χ1) is 16.1. The first kappa shape index (κ1) is 22.9. The van der Waals surface area contributed by atoms with Gasteiger partial charge in [0, 0.05) is 18.7 Å². The van der Waals surface area contributed by atoms with Gasteiger partial charge in [-0.3, -0.25) is 9.59 Å². The van der Waals surface area contributed by atoms with Crippen LogP contribution >= 0.6 is 11.8 Å². The first-order valence-corrected chi connectivity index (χ1v) is 12.2. The summed E-state index contributed by atoms with van der Waals surface area (Å²) in [5.41, 5.74) is 3.85. The molecule has 1 unspecified atom stereocenters. The highest BCUT2D eigenvalue weighted by Crippen LogP contribution is 2.38. The Hall–Kier alpha value is -3.25. The van der Waals surface area contributed by atoms with E-state index in [4.69, 9.17) is 4.74 Å². The summed E-state index contributed by atoms with van der Waals surface area (Å²) in [5, 5.41) is 2.95. The van der Waals surface area contributed by atoms with Crippen LogP contribution in [0.5, 0.6) is 5.75 Å². The van der Waals surface area contributed by atoms with Gasteiger partial charge in [0.2, 0.25) is 5.91 Å². The van der Waals surface area contributed by atoms with Gasteiger partial charge in [0.25, 0.3) is 5.91 Å². The van der Waals surface area contributed by atoms with Gasteiger partial charge in [-0.15, -0.1) is 11.8 Å². The maximum atomic E-state index is 12.6. The van der Waals surface area contributed by atoms with Gasteiger partial charge >= 0.3 is 0 Å². The highest BCUT2D eigenvalue weighted by molar-refractivity contribution is 8.00. The largest absolute Gasteiger partial charge is 0.494 e. The molecule has 3 aromatic rings. The van der Waals surface area contributed by atoms with E-state index in [1.54, 1.807) is 11.8 Å². The Kier molecular flexibility index (Phi) is 7.68. The Bertz CT molecular complexity index is 1090. The summed E-state index contributed by atoms with van der Waals surface area (Å²) in [6.07, 6.45) is 0.828. The van der Waals surface area contributed by atoms with Crippen LogP contribution in [0.2, 0.25) is 0 Å². The van der Waals surface area contributed by atoms with E-state index in [0.29, 0.717) is 31.0 Å². The van der Waals surface area contributed by atoms with E-state index in [0.717, 1.165) is 23.3 Å². The van der Waals surface area contributed by atoms with Gasteiger partial charge in [-0.1, -0.05) is 54.6 Å². The number of ether oxygens (including phenoxy) is 1. The third-order valence-electron chi connectivity index (χ3n) is 5.57. The molecule has 0 aliphatic carbocycles. The van der Waals surface area contributed by atoms with Crippen molar-refractivity contribution in [3.8, 4) is 5.75 Å². The lowest BCUT2D eigenvalue weighted by Crippen LogP contribution is -2.30. The van der Waals surface area contributed by atoms with Crippen LogP contribution in [0, 0.1) is 0 Å². The molecule has 1 aliphatic rings. The molecule has 4 rings (SSSR count). The van der Waals surface area contributed by atoms with E-state index in [-0.39, 0.29) is 17.2 Å². The molecule has 1 saturated heterocycles. The summed E-state index contributed by atoms with van der Waals surface area (Å²) < 4.78 is 5.52. The van der Waals surface area contributed by atoms with E-state index < -0.39 is 0 Å². The normalized spacial score (nSPS) is 15.5. The molecule has 0 bridgehead atoms. The lowest BCUT2D eigenvalue weighted by atomic mass is 10.1. The Morgan fingerprint density at radius 3 is 2.55 bits per heavy atom. The molecule has 1 atom stereocenters. The number of hydrogen-bond acceptors (Lipinski definition) is 4. The highest BCUT2D eigenvalue weighted by Gasteiger charge is 2.32. The summed E-state index contributed by atoms with van der Waals surface area (Å²) in [6.45, 7) is 3.67. The third kappa shape index (κ3) is 5.96. The summed E-state index contributed by atoms with van der Waals surface area (Å²) >= 11 is 1.64. The van der Waals surface area contributed by atoms with Gasteiger partial charge < -0.3 is 15.0 Å². The van der Waals surface area contributed by atoms with E-state index >= 15 is 0 Å². The number of nitrogens with one attached hydrogen (secondary N) is 1. The van der Waals surface area contributed by atoms with Crippen molar-refractivity contribution in [1.29, 1.82) is 0 Å².